The summed E-state index contributed by atoms with van der Waals surface area (Å²) < 4.78 is 12.6. The van der Waals surface area contributed by atoms with Gasteiger partial charge in [-0.05, 0) is 43.5 Å². The number of carbonyl (C=O) groups excluding carboxylic acids is 1. The molecule has 0 aliphatic carbocycles. The second-order valence-corrected chi connectivity index (χ2v) is 3.32. The number of aryl methyl sites for hydroxylation is 1. The van der Waals surface area contributed by atoms with E-state index < -0.39 is 6.17 Å². The van der Waals surface area contributed by atoms with Gasteiger partial charge in [-0.2, -0.15) is 0 Å². The van der Waals surface area contributed by atoms with Crippen LogP contribution in [0.5, 0.6) is 5.75 Å². The molecule has 0 spiro atoms. The van der Waals surface area contributed by atoms with Crippen molar-refractivity contribution in [3.63, 3.8) is 0 Å². The highest BCUT2D eigenvalue weighted by Crippen LogP contribution is 2.17. The van der Waals surface area contributed by atoms with Crippen molar-refractivity contribution in [3.8, 4) is 5.75 Å². The molecule has 0 aromatic heterocycles. The van der Waals surface area contributed by atoms with Crippen LogP contribution in [-0.4, -0.2) is 17.6 Å². The van der Waals surface area contributed by atoms with Gasteiger partial charge in [-0.3, -0.25) is 4.79 Å². The summed E-state index contributed by atoms with van der Waals surface area (Å²) in [5.74, 6) is 0.108. The molecule has 2 nitrogen and oxygen atoms in total. The molecular formula is C11H13FO2. The lowest BCUT2D eigenvalue weighted by molar-refractivity contribution is 0.112. The van der Waals surface area contributed by atoms with E-state index in [1.54, 1.807) is 6.07 Å². The Balaban J connectivity index is 2.82. The first-order valence-electron chi connectivity index (χ1n) is 4.54. The van der Waals surface area contributed by atoms with Crippen molar-refractivity contribution in [3.05, 3.63) is 29.3 Å². The third kappa shape index (κ3) is 2.83. The molecular weight excluding hydrogens is 183 g/mol. The van der Waals surface area contributed by atoms with E-state index in [1.807, 2.05) is 0 Å². The fourth-order valence-electron chi connectivity index (χ4n) is 1.28. The summed E-state index contributed by atoms with van der Waals surface area (Å²) in [6.45, 7) is 1.48. The lowest BCUT2D eigenvalue weighted by Crippen LogP contribution is -1.98. The first-order chi connectivity index (χ1) is 6.63. The topological polar surface area (TPSA) is 37.3 Å². The van der Waals surface area contributed by atoms with Crippen molar-refractivity contribution in [2.24, 2.45) is 0 Å². The molecule has 0 aliphatic rings. The molecule has 1 N–H and O–H groups in total. The maximum Gasteiger partial charge on any atom is 0.150 e. The highest BCUT2D eigenvalue weighted by molar-refractivity contribution is 5.77. The fraction of sp³-hybridized carbons (Fsp3) is 0.364. The zero-order valence-electron chi connectivity index (χ0n) is 8.03. The smallest absolute Gasteiger partial charge is 0.150 e. The van der Waals surface area contributed by atoms with Crippen molar-refractivity contribution in [1.29, 1.82) is 0 Å². The minimum Gasteiger partial charge on any atom is -0.508 e. The van der Waals surface area contributed by atoms with Gasteiger partial charge in [0, 0.05) is 5.56 Å². The Morgan fingerprint density at radius 1 is 1.57 bits per heavy atom. The molecule has 1 aromatic rings. The summed E-state index contributed by atoms with van der Waals surface area (Å²) in [5, 5.41) is 9.19. The van der Waals surface area contributed by atoms with Crippen LogP contribution in [0.25, 0.3) is 0 Å². The van der Waals surface area contributed by atoms with Crippen LogP contribution in [0.15, 0.2) is 18.2 Å². The van der Waals surface area contributed by atoms with E-state index in [9.17, 15) is 14.3 Å². The Morgan fingerprint density at radius 2 is 2.29 bits per heavy atom. The summed E-state index contributed by atoms with van der Waals surface area (Å²) in [6.07, 6.45) is 0.666. The van der Waals surface area contributed by atoms with Crippen molar-refractivity contribution in [1.82, 2.24) is 0 Å². The first-order valence-corrected chi connectivity index (χ1v) is 4.54. The van der Waals surface area contributed by atoms with Gasteiger partial charge in [0.2, 0.25) is 0 Å². The van der Waals surface area contributed by atoms with Crippen molar-refractivity contribution >= 4 is 6.29 Å². The van der Waals surface area contributed by atoms with Crippen LogP contribution in [0.1, 0.15) is 29.3 Å². The molecule has 0 amide bonds. The summed E-state index contributed by atoms with van der Waals surface area (Å²) in [7, 11) is 0. The van der Waals surface area contributed by atoms with Crippen LogP contribution in [-0.2, 0) is 6.42 Å². The number of rotatable bonds is 4. The number of phenols is 1. The van der Waals surface area contributed by atoms with Crippen LogP contribution in [0.2, 0.25) is 0 Å². The average Bonchev–Trinajstić information content (AvgIpc) is 2.15. The summed E-state index contributed by atoms with van der Waals surface area (Å²) in [6, 6.07) is 4.50. The molecule has 1 aromatic carbocycles. The van der Waals surface area contributed by atoms with E-state index in [-0.39, 0.29) is 5.75 Å². The molecule has 3 heteroatoms. The molecule has 76 valence electrons. The quantitative estimate of drug-likeness (QED) is 0.751. The van der Waals surface area contributed by atoms with Crippen LogP contribution in [0.3, 0.4) is 0 Å². The number of benzene rings is 1. The lowest BCUT2D eigenvalue weighted by Gasteiger charge is -2.05. The van der Waals surface area contributed by atoms with E-state index in [0.717, 1.165) is 6.29 Å². The zero-order chi connectivity index (χ0) is 10.6. The molecule has 0 saturated heterocycles. The van der Waals surface area contributed by atoms with E-state index >= 15 is 0 Å². The fourth-order valence-corrected chi connectivity index (χ4v) is 1.28. The molecule has 0 fully saturated rings. The molecule has 0 saturated carbocycles. The van der Waals surface area contributed by atoms with Gasteiger partial charge in [-0.25, -0.2) is 4.39 Å². The maximum absolute atomic E-state index is 12.6. The molecule has 1 unspecified atom stereocenters. The molecule has 0 bridgehead atoms. The SMILES string of the molecule is CC(F)CCc1cc(O)ccc1C=O. The predicted molar refractivity (Wildman–Crippen MR) is 52.4 cm³/mol. The van der Waals surface area contributed by atoms with Gasteiger partial charge in [0.15, 0.2) is 0 Å². The second kappa shape index (κ2) is 4.74. The van der Waals surface area contributed by atoms with Crippen molar-refractivity contribution in [2.45, 2.75) is 25.9 Å². The monoisotopic (exact) mass is 196 g/mol. The minimum absolute atomic E-state index is 0.108. The van der Waals surface area contributed by atoms with E-state index in [0.29, 0.717) is 24.0 Å². The van der Waals surface area contributed by atoms with E-state index in [2.05, 4.69) is 0 Å². The number of hydrogen-bond acceptors (Lipinski definition) is 2. The Kier molecular flexibility index (Phi) is 3.63. The van der Waals surface area contributed by atoms with Gasteiger partial charge in [-0.1, -0.05) is 0 Å². The molecule has 0 radical (unpaired) electrons. The van der Waals surface area contributed by atoms with Gasteiger partial charge < -0.3 is 5.11 Å². The zero-order valence-corrected chi connectivity index (χ0v) is 8.03. The van der Waals surface area contributed by atoms with Gasteiger partial charge >= 0.3 is 0 Å². The minimum atomic E-state index is -0.892. The Labute approximate surface area is 82.4 Å². The number of aromatic hydroxyl groups is 1. The van der Waals surface area contributed by atoms with Crippen LogP contribution >= 0.6 is 0 Å². The number of halogens is 1. The Hall–Kier alpha value is -1.38. The van der Waals surface area contributed by atoms with E-state index in [1.165, 1.54) is 19.1 Å². The average molecular weight is 196 g/mol. The second-order valence-electron chi connectivity index (χ2n) is 3.32. The molecule has 1 rings (SSSR count). The van der Waals surface area contributed by atoms with Gasteiger partial charge in [0.1, 0.15) is 12.0 Å². The third-order valence-electron chi connectivity index (χ3n) is 2.06. The number of carbonyl (C=O) groups is 1. The summed E-state index contributed by atoms with van der Waals surface area (Å²) in [5.41, 5.74) is 1.22. The predicted octanol–water partition coefficient (Wildman–Crippen LogP) is 2.50. The largest absolute Gasteiger partial charge is 0.508 e. The standard InChI is InChI=1S/C11H13FO2/c1-8(12)2-3-9-6-11(14)5-4-10(9)7-13/h4-8,14H,2-3H2,1H3. The van der Waals surface area contributed by atoms with E-state index in [4.69, 9.17) is 0 Å². The van der Waals surface area contributed by atoms with Gasteiger partial charge in [-0.15, -0.1) is 0 Å². The highest BCUT2D eigenvalue weighted by Gasteiger charge is 2.05. The van der Waals surface area contributed by atoms with Crippen molar-refractivity contribution in [2.75, 3.05) is 0 Å². The molecule has 0 aliphatic heterocycles. The maximum atomic E-state index is 12.6. The third-order valence-corrected chi connectivity index (χ3v) is 2.06. The number of phenolic OH excluding ortho intramolecular Hbond substituents is 1. The normalized spacial score (nSPS) is 12.4. The molecule has 1 atom stereocenters. The Morgan fingerprint density at radius 3 is 2.86 bits per heavy atom. The van der Waals surface area contributed by atoms with Crippen LogP contribution < -0.4 is 0 Å². The lowest BCUT2D eigenvalue weighted by atomic mass is 10.0. The summed E-state index contributed by atoms with van der Waals surface area (Å²) in [4.78, 5) is 10.6. The summed E-state index contributed by atoms with van der Waals surface area (Å²) >= 11 is 0. The number of alkyl halides is 1. The first kappa shape index (κ1) is 10.7. The number of aldehydes is 1. The van der Waals surface area contributed by atoms with Crippen LogP contribution in [0.4, 0.5) is 4.39 Å². The van der Waals surface area contributed by atoms with Gasteiger partial charge in [0.25, 0.3) is 0 Å². The number of hydrogen-bond donors (Lipinski definition) is 1. The molecule has 0 heterocycles. The van der Waals surface area contributed by atoms with Gasteiger partial charge in [0.05, 0.1) is 6.17 Å². The Bertz CT molecular complexity index is 321. The molecule has 14 heavy (non-hydrogen) atoms. The highest BCUT2D eigenvalue weighted by atomic mass is 19.1. The van der Waals surface area contributed by atoms with Crippen LogP contribution in [0, 0.1) is 0 Å². The van der Waals surface area contributed by atoms with Crippen molar-refractivity contribution < 1.29 is 14.3 Å².